The normalized spacial score (nSPS) is 12.7. The third-order valence-corrected chi connectivity index (χ3v) is 2.75. The van der Waals surface area contributed by atoms with Crippen LogP contribution in [0.2, 0.25) is 0 Å². The SMILES string of the molecule is CCN(CC)c1ccc2c(c1)C=C[N+]=C2. The maximum absolute atomic E-state index is 4.11. The largest absolute Gasteiger partial charge is 0.372 e. The van der Waals surface area contributed by atoms with E-state index in [0.29, 0.717) is 0 Å². The van der Waals surface area contributed by atoms with Crippen molar-refractivity contribution in [2.45, 2.75) is 13.8 Å². The zero-order valence-electron chi connectivity index (χ0n) is 9.27. The number of hydrogen-bond acceptors (Lipinski definition) is 2. The molecule has 1 aromatic rings. The van der Waals surface area contributed by atoms with Crippen LogP contribution < -0.4 is 9.89 Å². The van der Waals surface area contributed by atoms with Gasteiger partial charge in [-0.1, -0.05) is 0 Å². The second-order valence-corrected chi connectivity index (χ2v) is 3.58. The third-order valence-electron chi connectivity index (χ3n) is 2.75. The molecule has 0 bridgehead atoms. The predicted octanol–water partition coefficient (Wildman–Crippen LogP) is 2.27. The Hall–Kier alpha value is -1.57. The van der Waals surface area contributed by atoms with Gasteiger partial charge in [0.2, 0.25) is 12.4 Å². The number of hydrogen-bond donors (Lipinski definition) is 0. The lowest BCUT2D eigenvalue weighted by molar-refractivity contribution is 0.866. The van der Waals surface area contributed by atoms with Crippen molar-refractivity contribution in [2.24, 2.45) is 0 Å². The van der Waals surface area contributed by atoms with Gasteiger partial charge in [-0.05, 0) is 37.6 Å². The minimum atomic E-state index is 1.05. The predicted molar refractivity (Wildman–Crippen MR) is 66.3 cm³/mol. The Bertz CT molecular complexity index is 401. The standard InChI is InChI=1S/C13H16N2/c1-3-15(4-2)13-6-5-12-10-14-8-7-11(12)9-13/h5-10H,3-4H2,1-2H3/q+1. The summed E-state index contributed by atoms with van der Waals surface area (Å²) in [5.41, 5.74) is 3.75. The summed E-state index contributed by atoms with van der Waals surface area (Å²) in [5.74, 6) is 0. The molecule has 1 radical (unpaired) electrons. The monoisotopic (exact) mass is 200 g/mol. The highest BCUT2D eigenvalue weighted by atomic mass is 15.1. The molecule has 1 aliphatic rings. The topological polar surface area (TPSA) is 17.3 Å². The van der Waals surface area contributed by atoms with Crippen LogP contribution in [0.4, 0.5) is 5.69 Å². The molecule has 2 rings (SSSR count). The smallest absolute Gasteiger partial charge is 0.249 e. The first kappa shape index (κ1) is 9.97. The van der Waals surface area contributed by atoms with Gasteiger partial charge < -0.3 is 4.90 Å². The fraction of sp³-hybridized carbons (Fsp3) is 0.308. The van der Waals surface area contributed by atoms with Gasteiger partial charge >= 0.3 is 0 Å². The first-order chi connectivity index (χ1) is 7.35. The molecular formula is C13H16N2+. The average Bonchev–Trinajstić information content (AvgIpc) is 2.30. The van der Waals surface area contributed by atoms with E-state index in [0.717, 1.165) is 13.1 Å². The van der Waals surface area contributed by atoms with Crippen LogP contribution in [0.1, 0.15) is 25.0 Å². The molecule has 0 saturated carbocycles. The van der Waals surface area contributed by atoms with Crippen molar-refractivity contribution in [3.8, 4) is 0 Å². The Labute approximate surface area is 90.9 Å². The van der Waals surface area contributed by atoms with Crippen LogP contribution in [0, 0.1) is 0 Å². The fourth-order valence-electron chi connectivity index (χ4n) is 1.86. The van der Waals surface area contributed by atoms with E-state index in [1.165, 1.54) is 16.8 Å². The van der Waals surface area contributed by atoms with Crippen LogP contribution in [0.15, 0.2) is 24.4 Å². The summed E-state index contributed by atoms with van der Waals surface area (Å²) in [6.45, 7) is 6.46. The van der Waals surface area contributed by atoms with E-state index in [2.05, 4.69) is 48.0 Å². The molecule has 77 valence electrons. The lowest BCUT2D eigenvalue weighted by atomic mass is 10.1. The minimum Gasteiger partial charge on any atom is -0.372 e. The van der Waals surface area contributed by atoms with Crippen molar-refractivity contribution in [3.63, 3.8) is 0 Å². The maximum atomic E-state index is 4.11. The summed E-state index contributed by atoms with van der Waals surface area (Å²) in [6.07, 6.45) is 5.80. The summed E-state index contributed by atoms with van der Waals surface area (Å²) in [6, 6.07) is 6.52. The summed E-state index contributed by atoms with van der Waals surface area (Å²) in [4.78, 5) is 6.46. The summed E-state index contributed by atoms with van der Waals surface area (Å²) < 4.78 is 0. The van der Waals surface area contributed by atoms with Crippen LogP contribution in [-0.4, -0.2) is 19.3 Å². The van der Waals surface area contributed by atoms with Gasteiger partial charge in [0, 0.05) is 24.9 Å². The number of aliphatic imine (C=N–C) groups is 1. The zero-order valence-corrected chi connectivity index (χ0v) is 9.27. The quantitative estimate of drug-likeness (QED) is 0.731. The van der Waals surface area contributed by atoms with E-state index < -0.39 is 0 Å². The average molecular weight is 200 g/mol. The van der Waals surface area contributed by atoms with Gasteiger partial charge in [-0.2, -0.15) is 0 Å². The first-order valence-corrected chi connectivity index (χ1v) is 5.44. The third kappa shape index (κ3) is 1.94. The molecule has 0 aliphatic carbocycles. The number of anilines is 1. The summed E-state index contributed by atoms with van der Waals surface area (Å²) >= 11 is 0. The molecule has 0 aromatic heterocycles. The van der Waals surface area contributed by atoms with E-state index in [-0.39, 0.29) is 0 Å². The number of benzene rings is 1. The highest BCUT2D eigenvalue weighted by Gasteiger charge is 2.09. The molecule has 15 heavy (non-hydrogen) atoms. The van der Waals surface area contributed by atoms with Crippen molar-refractivity contribution < 1.29 is 0 Å². The second-order valence-electron chi connectivity index (χ2n) is 3.58. The molecule has 2 heteroatoms. The second kappa shape index (κ2) is 4.30. The molecule has 2 nitrogen and oxygen atoms in total. The van der Waals surface area contributed by atoms with Crippen LogP contribution in [0.3, 0.4) is 0 Å². The highest BCUT2D eigenvalue weighted by Crippen LogP contribution is 2.20. The van der Waals surface area contributed by atoms with Gasteiger partial charge in [-0.15, -0.1) is 0 Å². The molecule has 0 atom stereocenters. The van der Waals surface area contributed by atoms with E-state index >= 15 is 0 Å². The van der Waals surface area contributed by atoms with Gasteiger partial charge in [-0.25, -0.2) is 0 Å². The molecule has 0 saturated heterocycles. The van der Waals surface area contributed by atoms with Crippen molar-refractivity contribution in [1.29, 1.82) is 0 Å². The van der Waals surface area contributed by atoms with E-state index in [9.17, 15) is 0 Å². The van der Waals surface area contributed by atoms with Crippen LogP contribution in [0.25, 0.3) is 6.08 Å². The molecule has 0 amide bonds. The molecule has 1 heterocycles. The lowest BCUT2D eigenvalue weighted by Gasteiger charge is -2.21. The van der Waals surface area contributed by atoms with E-state index in [1.54, 1.807) is 0 Å². The molecule has 0 spiro atoms. The van der Waals surface area contributed by atoms with E-state index in [1.807, 2.05) is 12.4 Å². The van der Waals surface area contributed by atoms with Crippen LogP contribution in [-0.2, 0) is 0 Å². The van der Waals surface area contributed by atoms with Crippen molar-refractivity contribution in [3.05, 3.63) is 35.5 Å². The molecule has 1 aliphatic heterocycles. The number of nitrogens with zero attached hydrogens (tertiary/aromatic N) is 2. The number of fused-ring (bicyclic) bond motifs is 1. The Balaban J connectivity index is 2.36. The van der Waals surface area contributed by atoms with Gasteiger partial charge in [0.05, 0.1) is 10.6 Å². The zero-order chi connectivity index (χ0) is 10.7. The molecule has 1 aromatic carbocycles. The Morgan fingerprint density at radius 3 is 2.67 bits per heavy atom. The Morgan fingerprint density at radius 2 is 1.93 bits per heavy atom. The fourth-order valence-corrected chi connectivity index (χ4v) is 1.86. The molecule has 0 N–H and O–H groups in total. The van der Waals surface area contributed by atoms with Gasteiger partial charge in [-0.3, -0.25) is 0 Å². The Kier molecular flexibility index (Phi) is 2.86. The van der Waals surface area contributed by atoms with E-state index in [4.69, 9.17) is 0 Å². The summed E-state index contributed by atoms with van der Waals surface area (Å²) in [5, 5.41) is 0. The molecule has 0 unspecified atom stereocenters. The highest BCUT2D eigenvalue weighted by molar-refractivity contribution is 5.88. The molecular weight excluding hydrogens is 184 g/mol. The number of rotatable bonds is 3. The van der Waals surface area contributed by atoms with Crippen molar-refractivity contribution in [1.82, 2.24) is 4.99 Å². The Morgan fingerprint density at radius 1 is 1.13 bits per heavy atom. The van der Waals surface area contributed by atoms with Crippen molar-refractivity contribution >= 4 is 18.0 Å². The maximum Gasteiger partial charge on any atom is 0.249 e. The van der Waals surface area contributed by atoms with Gasteiger partial charge in [0.1, 0.15) is 0 Å². The van der Waals surface area contributed by atoms with Gasteiger partial charge in [0.25, 0.3) is 0 Å². The summed E-state index contributed by atoms with van der Waals surface area (Å²) in [7, 11) is 0. The lowest BCUT2D eigenvalue weighted by Crippen LogP contribution is -2.21. The molecule has 0 fully saturated rings. The minimum absolute atomic E-state index is 1.05. The van der Waals surface area contributed by atoms with Crippen molar-refractivity contribution in [2.75, 3.05) is 18.0 Å². The van der Waals surface area contributed by atoms with Crippen LogP contribution >= 0.6 is 0 Å². The van der Waals surface area contributed by atoms with Gasteiger partial charge in [0.15, 0.2) is 0 Å². The first-order valence-electron chi connectivity index (χ1n) is 5.44. The van der Waals surface area contributed by atoms with Crippen LogP contribution in [0.5, 0.6) is 0 Å².